The molecule has 1 amide bonds. The Morgan fingerprint density at radius 1 is 1.40 bits per heavy atom. The van der Waals surface area contributed by atoms with Gasteiger partial charge in [-0.05, 0) is 12.1 Å². The molecule has 0 spiro atoms. The number of carbonyl (C=O) groups excluding carboxylic acids is 1. The smallest absolute Gasteiger partial charge is 0.251 e. The lowest BCUT2D eigenvalue weighted by Crippen LogP contribution is -2.27. The zero-order valence-electron chi connectivity index (χ0n) is 8.35. The van der Waals surface area contributed by atoms with Crippen molar-refractivity contribution in [2.24, 2.45) is 0 Å². The summed E-state index contributed by atoms with van der Waals surface area (Å²) in [7, 11) is 0. The molecule has 0 atom stereocenters. The molecule has 82 valence electrons. The normalized spacial score (nSPS) is 9.93. The van der Waals surface area contributed by atoms with Gasteiger partial charge < -0.3 is 15.2 Å². The van der Waals surface area contributed by atoms with Crippen LogP contribution >= 0.6 is 0 Å². The van der Waals surface area contributed by atoms with E-state index in [0.29, 0.717) is 25.3 Å². The Balaban J connectivity index is 2.20. The molecule has 0 fully saturated rings. The van der Waals surface area contributed by atoms with Crippen molar-refractivity contribution < 1.29 is 14.6 Å². The quantitative estimate of drug-likeness (QED) is 0.639. The predicted octanol–water partition coefficient (Wildman–Crippen LogP) is -0.180. The maximum Gasteiger partial charge on any atom is 0.251 e. The molecule has 1 aromatic heterocycles. The molecule has 0 aliphatic carbocycles. The lowest BCUT2D eigenvalue weighted by molar-refractivity contribution is 0.0838. The van der Waals surface area contributed by atoms with Gasteiger partial charge in [0, 0.05) is 24.5 Å². The number of amides is 1. The summed E-state index contributed by atoms with van der Waals surface area (Å²) in [5.74, 6) is -0.148. The molecular formula is C10H14N2O3. The topological polar surface area (TPSA) is 71.5 Å². The second-order valence-electron chi connectivity index (χ2n) is 2.83. The number of aliphatic hydroxyl groups excluding tert-OH is 1. The molecule has 2 N–H and O–H groups in total. The summed E-state index contributed by atoms with van der Waals surface area (Å²) in [4.78, 5) is 15.2. The van der Waals surface area contributed by atoms with Crippen molar-refractivity contribution in [1.82, 2.24) is 10.3 Å². The van der Waals surface area contributed by atoms with E-state index in [2.05, 4.69) is 10.3 Å². The largest absolute Gasteiger partial charge is 0.394 e. The molecule has 0 radical (unpaired) electrons. The van der Waals surface area contributed by atoms with Crippen LogP contribution in [-0.4, -0.2) is 42.4 Å². The Morgan fingerprint density at radius 2 is 2.13 bits per heavy atom. The van der Waals surface area contributed by atoms with Crippen molar-refractivity contribution in [3.05, 3.63) is 30.1 Å². The number of nitrogens with zero attached hydrogens (tertiary/aromatic N) is 1. The van der Waals surface area contributed by atoms with Crippen LogP contribution in [0.5, 0.6) is 0 Å². The Morgan fingerprint density at radius 3 is 2.80 bits per heavy atom. The summed E-state index contributed by atoms with van der Waals surface area (Å²) in [6.07, 6.45) is 3.13. The highest BCUT2D eigenvalue weighted by atomic mass is 16.5. The zero-order valence-corrected chi connectivity index (χ0v) is 8.35. The molecule has 5 heteroatoms. The number of pyridine rings is 1. The number of aliphatic hydroxyl groups is 1. The number of hydrogen-bond acceptors (Lipinski definition) is 4. The monoisotopic (exact) mass is 210 g/mol. The van der Waals surface area contributed by atoms with Gasteiger partial charge in [0.1, 0.15) is 0 Å². The summed E-state index contributed by atoms with van der Waals surface area (Å²) in [6, 6.07) is 3.29. The van der Waals surface area contributed by atoms with Crippen molar-refractivity contribution in [2.45, 2.75) is 0 Å². The summed E-state index contributed by atoms with van der Waals surface area (Å²) in [5, 5.41) is 11.1. The lowest BCUT2D eigenvalue weighted by Gasteiger charge is -2.05. The third-order valence-corrected chi connectivity index (χ3v) is 1.71. The lowest BCUT2D eigenvalue weighted by atomic mass is 10.2. The molecule has 0 aromatic carbocycles. The minimum atomic E-state index is -0.148. The van der Waals surface area contributed by atoms with Gasteiger partial charge in [-0.1, -0.05) is 0 Å². The first kappa shape index (κ1) is 11.6. The number of nitrogens with one attached hydrogen (secondary N) is 1. The summed E-state index contributed by atoms with van der Waals surface area (Å²) in [5.41, 5.74) is 0.576. The Bertz CT molecular complexity index is 290. The van der Waals surface area contributed by atoms with E-state index in [1.807, 2.05) is 0 Å². The minimum absolute atomic E-state index is 0.00169. The van der Waals surface area contributed by atoms with Crippen LogP contribution < -0.4 is 5.32 Å². The molecule has 0 unspecified atom stereocenters. The van der Waals surface area contributed by atoms with Crippen LogP contribution in [0.4, 0.5) is 0 Å². The maximum absolute atomic E-state index is 11.4. The van der Waals surface area contributed by atoms with Crippen molar-refractivity contribution >= 4 is 5.91 Å². The van der Waals surface area contributed by atoms with Gasteiger partial charge in [0.15, 0.2) is 0 Å². The molecule has 0 bridgehead atoms. The number of carbonyl (C=O) groups is 1. The summed E-state index contributed by atoms with van der Waals surface area (Å²) in [6.45, 7) is 1.13. The molecule has 0 aliphatic heterocycles. The molecule has 0 aliphatic rings. The van der Waals surface area contributed by atoms with Crippen LogP contribution in [0.2, 0.25) is 0 Å². The van der Waals surface area contributed by atoms with E-state index in [1.165, 1.54) is 0 Å². The SMILES string of the molecule is O=C(NCCOCCO)c1ccncc1. The van der Waals surface area contributed by atoms with Crippen LogP contribution in [0.15, 0.2) is 24.5 Å². The van der Waals surface area contributed by atoms with E-state index in [-0.39, 0.29) is 12.5 Å². The molecule has 1 heterocycles. The minimum Gasteiger partial charge on any atom is -0.394 e. The molecule has 0 saturated carbocycles. The maximum atomic E-state index is 11.4. The van der Waals surface area contributed by atoms with E-state index in [9.17, 15) is 4.79 Å². The van der Waals surface area contributed by atoms with Gasteiger partial charge in [0.05, 0.1) is 19.8 Å². The van der Waals surface area contributed by atoms with E-state index in [4.69, 9.17) is 9.84 Å². The molecule has 1 rings (SSSR count). The first-order valence-electron chi connectivity index (χ1n) is 4.71. The van der Waals surface area contributed by atoms with Gasteiger partial charge in [-0.25, -0.2) is 0 Å². The van der Waals surface area contributed by atoms with Gasteiger partial charge in [-0.3, -0.25) is 9.78 Å². The van der Waals surface area contributed by atoms with Gasteiger partial charge in [0.2, 0.25) is 0 Å². The van der Waals surface area contributed by atoms with Crippen molar-refractivity contribution in [3.63, 3.8) is 0 Å². The highest BCUT2D eigenvalue weighted by Crippen LogP contribution is 1.94. The van der Waals surface area contributed by atoms with E-state index >= 15 is 0 Å². The molecule has 1 aromatic rings. The van der Waals surface area contributed by atoms with Gasteiger partial charge >= 0.3 is 0 Å². The fraction of sp³-hybridized carbons (Fsp3) is 0.400. The fourth-order valence-electron chi connectivity index (χ4n) is 1.01. The molecule has 0 saturated heterocycles. The Hall–Kier alpha value is -1.46. The van der Waals surface area contributed by atoms with Crippen LogP contribution in [0.25, 0.3) is 0 Å². The van der Waals surface area contributed by atoms with E-state index < -0.39 is 0 Å². The number of ether oxygens (including phenoxy) is 1. The third-order valence-electron chi connectivity index (χ3n) is 1.71. The second-order valence-corrected chi connectivity index (χ2v) is 2.83. The number of hydrogen-bond donors (Lipinski definition) is 2. The van der Waals surface area contributed by atoms with E-state index in [1.54, 1.807) is 24.5 Å². The highest BCUT2D eigenvalue weighted by Gasteiger charge is 2.02. The molecule has 5 nitrogen and oxygen atoms in total. The van der Waals surface area contributed by atoms with Crippen molar-refractivity contribution in [1.29, 1.82) is 0 Å². The van der Waals surface area contributed by atoms with Crippen molar-refractivity contribution in [2.75, 3.05) is 26.4 Å². The fourth-order valence-corrected chi connectivity index (χ4v) is 1.01. The summed E-state index contributed by atoms with van der Waals surface area (Å²) >= 11 is 0. The summed E-state index contributed by atoms with van der Waals surface area (Å²) < 4.78 is 4.99. The molecule has 15 heavy (non-hydrogen) atoms. The number of aromatic nitrogens is 1. The van der Waals surface area contributed by atoms with E-state index in [0.717, 1.165) is 0 Å². The predicted molar refractivity (Wildman–Crippen MR) is 54.5 cm³/mol. The second kappa shape index (κ2) is 6.92. The molecular weight excluding hydrogens is 196 g/mol. The average molecular weight is 210 g/mol. The Labute approximate surface area is 88.1 Å². The van der Waals surface area contributed by atoms with Crippen molar-refractivity contribution in [3.8, 4) is 0 Å². The van der Waals surface area contributed by atoms with Crippen LogP contribution in [0.3, 0.4) is 0 Å². The van der Waals surface area contributed by atoms with Crippen LogP contribution in [0.1, 0.15) is 10.4 Å². The Kier molecular flexibility index (Phi) is 5.35. The standard InChI is InChI=1S/C10H14N2O3/c13-6-8-15-7-5-12-10(14)9-1-3-11-4-2-9/h1-4,13H,5-8H2,(H,12,14). The first-order chi connectivity index (χ1) is 7.34. The van der Waals surface area contributed by atoms with Gasteiger partial charge in [-0.15, -0.1) is 0 Å². The zero-order chi connectivity index (χ0) is 10.9. The van der Waals surface area contributed by atoms with Crippen LogP contribution in [0, 0.1) is 0 Å². The first-order valence-corrected chi connectivity index (χ1v) is 4.71. The van der Waals surface area contributed by atoms with Gasteiger partial charge in [-0.2, -0.15) is 0 Å². The third kappa shape index (κ3) is 4.53. The number of rotatable bonds is 6. The average Bonchev–Trinajstić information content (AvgIpc) is 2.30. The van der Waals surface area contributed by atoms with Gasteiger partial charge in [0.25, 0.3) is 5.91 Å². The highest BCUT2D eigenvalue weighted by molar-refractivity contribution is 5.93. The van der Waals surface area contributed by atoms with Crippen LogP contribution in [-0.2, 0) is 4.74 Å².